The van der Waals surface area contributed by atoms with Crippen molar-refractivity contribution in [3.05, 3.63) is 0 Å². The molecule has 0 fully saturated rings. The molecule has 0 bridgehead atoms. The van der Waals surface area contributed by atoms with E-state index in [-0.39, 0.29) is 40.8 Å². The Morgan fingerprint density at radius 2 is 0.647 bits per heavy atom. The van der Waals surface area contributed by atoms with E-state index in [9.17, 15) is 28.4 Å². The zero-order valence-electron chi connectivity index (χ0n) is 21.2. The van der Waals surface area contributed by atoms with E-state index in [0.29, 0.717) is 19.8 Å². The van der Waals surface area contributed by atoms with E-state index < -0.39 is 24.8 Å². The Bertz CT molecular complexity index is 386. The minimum atomic E-state index is -2.62. The first-order valence-corrected chi connectivity index (χ1v) is 15.4. The summed E-state index contributed by atoms with van der Waals surface area (Å²) < 4.78 is 42.8. The van der Waals surface area contributed by atoms with E-state index in [4.69, 9.17) is 0 Å². The van der Waals surface area contributed by atoms with Crippen molar-refractivity contribution in [2.24, 2.45) is 0 Å². The molecule has 0 saturated heterocycles. The standard InChI is InChI=1S/3C7H15O3P.Nd/c3*1-2-3-4-5-6-7-10-11(8)9;/h3*2-7H2,1H3;/q;;;+3. The van der Waals surface area contributed by atoms with Gasteiger partial charge in [-0.05, 0) is 33.0 Å². The second-order valence-corrected chi connectivity index (χ2v) is 9.53. The second-order valence-electron chi connectivity index (χ2n) is 7.41. The van der Waals surface area contributed by atoms with Gasteiger partial charge in [-0.2, -0.15) is 0 Å². The summed E-state index contributed by atoms with van der Waals surface area (Å²) in [5, 5.41) is 0. The molecule has 0 saturated carbocycles. The maximum absolute atomic E-state index is 9.90. The molecule has 0 aliphatic heterocycles. The molecule has 13 heteroatoms. The van der Waals surface area contributed by atoms with Crippen LogP contribution in [0.3, 0.4) is 0 Å². The van der Waals surface area contributed by atoms with Gasteiger partial charge < -0.3 is 14.7 Å². The van der Waals surface area contributed by atoms with Gasteiger partial charge in [-0.1, -0.05) is 97.8 Å². The van der Waals surface area contributed by atoms with Crippen LogP contribution in [0, 0.1) is 40.8 Å². The van der Waals surface area contributed by atoms with Crippen LogP contribution in [0.1, 0.15) is 117 Å². The molecule has 0 heterocycles. The normalized spacial score (nSPS) is 11.3. The van der Waals surface area contributed by atoms with Crippen LogP contribution in [0.5, 0.6) is 0 Å². The summed E-state index contributed by atoms with van der Waals surface area (Å²) in [6.07, 6.45) is 16.6. The Balaban J connectivity index is -0.000000196. The maximum atomic E-state index is 9.90. The van der Waals surface area contributed by atoms with E-state index in [1.807, 2.05) is 0 Å². The molecule has 0 aliphatic carbocycles. The number of hydrogen-bond acceptors (Lipinski definition) is 9. The fraction of sp³-hybridized carbons (Fsp3) is 1.00. The molecule has 0 aromatic heterocycles. The van der Waals surface area contributed by atoms with Crippen LogP contribution in [-0.2, 0) is 27.3 Å². The molecule has 0 spiro atoms. The van der Waals surface area contributed by atoms with Gasteiger partial charge in [0.25, 0.3) is 0 Å². The third-order valence-corrected chi connectivity index (χ3v) is 5.51. The van der Waals surface area contributed by atoms with Gasteiger partial charge in [0, 0.05) is 0 Å². The van der Waals surface area contributed by atoms with Gasteiger partial charge in [0.15, 0.2) is 0 Å². The van der Waals surface area contributed by atoms with E-state index >= 15 is 0 Å². The van der Waals surface area contributed by atoms with Crippen molar-refractivity contribution >= 4 is 24.8 Å². The van der Waals surface area contributed by atoms with Crippen LogP contribution in [0.25, 0.3) is 0 Å². The van der Waals surface area contributed by atoms with Crippen molar-refractivity contribution in [2.75, 3.05) is 19.8 Å². The fourth-order valence-electron chi connectivity index (χ4n) is 2.53. The molecule has 34 heavy (non-hydrogen) atoms. The minimum Gasteiger partial charge on any atom is -0.566 e. The van der Waals surface area contributed by atoms with E-state index in [2.05, 4.69) is 34.3 Å². The molecule has 0 rings (SSSR count). The van der Waals surface area contributed by atoms with Crippen LogP contribution in [0.4, 0.5) is 0 Å². The molecular weight excluding hydrogens is 633 g/mol. The topological polar surface area (TPSA) is 148 Å². The predicted octanol–water partition coefficient (Wildman–Crippen LogP) is 5.97. The molecular formula is C21H45NdO9P3+3. The van der Waals surface area contributed by atoms with E-state index in [1.165, 1.54) is 57.8 Å². The molecule has 0 aromatic rings. The van der Waals surface area contributed by atoms with Gasteiger partial charge in [-0.25, -0.2) is 0 Å². The summed E-state index contributed by atoms with van der Waals surface area (Å²) in [5.74, 6) is 0. The molecule has 3 unspecified atom stereocenters. The number of unbranched alkanes of at least 4 members (excludes halogenated alkanes) is 12. The van der Waals surface area contributed by atoms with E-state index in [1.54, 1.807) is 0 Å². The zero-order valence-corrected chi connectivity index (χ0v) is 27.1. The smallest absolute Gasteiger partial charge is 0.566 e. The Hall–Kier alpha value is 1.41. The molecule has 3 atom stereocenters. The number of rotatable bonds is 21. The van der Waals surface area contributed by atoms with Crippen molar-refractivity contribution < 1.29 is 82.8 Å². The first-order valence-electron chi connectivity index (χ1n) is 12.1. The predicted molar refractivity (Wildman–Crippen MR) is 127 cm³/mol. The molecule has 0 amide bonds. The Morgan fingerprint density at radius 3 is 0.824 bits per heavy atom. The molecule has 0 N–H and O–H groups in total. The Kier molecular flexibility index (Phi) is 48.7. The summed E-state index contributed by atoms with van der Waals surface area (Å²) in [7, 11) is -7.87. The summed E-state index contributed by atoms with van der Waals surface area (Å²) in [4.78, 5) is 29.7. The SMILES string of the molecule is CCCCCCCO[P+](=O)[O-].CCCCCCCO[P+](=O)[O-].CCCCCCCO[P+](=O)[O-].[Nd+3]. The first kappa shape index (κ1) is 42.5. The maximum Gasteiger partial charge on any atom is 3.00 e. The summed E-state index contributed by atoms with van der Waals surface area (Å²) in [6, 6.07) is 0. The molecule has 9 nitrogen and oxygen atoms in total. The van der Waals surface area contributed by atoms with Crippen LogP contribution in [0.15, 0.2) is 0 Å². The molecule has 0 aliphatic rings. The van der Waals surface area contributed by atoms with Crippen LogP contribution in [-0.4, -0.2) is 19.8 Å². The zero-order chi connectivity index (χ0) is 25.6. The third kappa shape index (κ3) is 54.4. The molecule has 1 radical (unpaired) electrons. The van der Waals surface area contributed by atoms with Crippen molar-refractivity contribution in [3.8, 4) is 0 Å². The van der Waals surface area contributed by atoms with Gasteiger partial charge in [0.05, 0.1) is 0 Å². The summed E-state index contributed by atoms with van der Waals surface area (Å²) >= 11 is 0. The van der Waals surface area contributed by atoms with Crippen molar-refractivity contribution in [2.45, 2.75) is 117 Å². The fourth-order valence-corrected chi connectivity index (χ4v) is 3.37. The van der Waals surface area contributed by atoms with Crippen molar-refractivity contribution in [3.63, 3.8) is 0 Å². The van der Waals surface area contributed by atoms with Crippen LogP contribution >= 0.6 is 24.8 Å². The van der Waals surface area contributed by atoms with Crippen LogP contribution < -0.4 is 14.7 Å². The summed E-state index contributed by atoms with van der Waals surface area (Å²) in [6.45, 7) is 7.48. The average Bonchev–Trinajstić information content (AvgIpc) is 2.76. The van der Waals surface area contributed by atoms with Gasteiger partial charge in [-0.15, -0.1) is 13.6 Å². The second kappa shape index (κ2) is 38.9. The number of hydrogen-bond donors (Lipinski definition) is 0. The molecule has 199 valence electrons. The largest absolute Gasteiger partial charge is 3.00 e. The van der Waals surface area contributed by atoms with Gasteiger partial charge in [0.2, 0.25) is 0 Å². The quantitative estimate of drug-likeness (QED) is 0.106. The third-order valence-electron chi connectivity index (χ3n) is 4.33. The Labute approximate surface area is 242 Å². The average molecular weight is 679 g/mol. The van der Waals surface area contributed by atoms with Crippen molar-refractivity contribution in [1.29, 1.82) is 0 Å². The Morgan fingerprint density at radius 1 is 0.441 bits per heavy atom. The van der Waals surface area contributed by atoms with Gasteiger partial charge in [-0.3, -0.25) is 0 Å². The monoisotopic (exact) mass is 676 g/mol. The molecule has 0 aromatic carbocycles. The van der Waals surface area contributed by atoms with Crippen molar-refractivity contribution in [1.82, 2.24) is 0 Å². The van der Waals surface area contributed by atoms with Crippen LogP contribution in [0.2, 0.25) is 0 Å². The first-order chi connectivity index (χ1) is 15.8. The van der Waals surface area contributed by atoms with Gasteiger partial charge >= 0.3 is 65.6 Å². The van der Waals surface area contributed by atoms with E-state index in [0.717, 1.165) is 38.5 Å². The van der Waals surface area contributed by atoms with Gasteiger partial charge in [0.1, 0.15) is 19.8 Å². The minimum absolute atomic E-state index is 0. The summed E-state index contributed by atoms with van der Waals surface area (Å²) in [5.41, 5.74) is 0.